The smallest absolute Gasteiger partial charge is 0.145 e. The van der Waals surface area contributed by atoms with Crippen molar-refractivity contribution in [2.75, 3.05) is 12.3 Å². The lowest BCUT2D eigenvalue weighted by Crippen LogP contribution is -1.99. The van der Waals surface area contributed by atoms with E-state index in [1.807, 2.05) is 43.3 Å². The van der Waals surface area contributed by atoms with Gasteiger partial charge in [0.1, 0.15) is 17.2 Å². The Bertz CT molecular complexity index is 535. The van der Waals surface area contributed by atoms with Crippen LogP contribution in [-0.4, -0.2) is 6.61 Å². The van der Waals surface area contributed by atoms with Crippen LogP contribution < -0.4 is 15.2 Å². The van der Waals surface area contributed by atoms with E-state index in [4.69, 9.17) is 15.2 Å². The summed E-state index contributed by atoms with van der Waals surface area (Å²) >= 11 is 0. The third-order valence-corrected chi connectivity index (χ3v) is 2.70. The van der Waals surface area contributed by atoms with Gasteiger partial charge in [-0.1, -0.05) is 24.6 Å². The number of nitrogen functional groups attached to an aromatic ring is 1. The molecule has 0 radical (unpaired) electrons. The highest BCUT2D eigenvalue weighted by Crippen LogP contribution is 2.30. The summed E-state index contributed by atoms with van der Waals surface area (Å²) in [6.07, 6.45) is 0.947. The Labute approximate surface area is 114 Å². The van der Waals surface area contributed by atoms with Crippen LogP contribution in [0.1, 0.15) is 18.9 Å². The number of benzene rings is 2. The maximum Gasteiger partial charge on any atom is 0.145 e. The average molecular weight is 257 g/mol. The standard InChI is InChI=1S/C16H19NO2/c1-3-10-18-16-11-14(8-9-15(16)17)19-13-6-4-12(2)5-7-13/h4-9,11H,3,10,17H2,1-2H3. The van der Waals surface area contributed by atoms with E-state index >= 15 is 0 Å². The Morgan fingerprint density at radius 2 is 1.68 bits per heavy atom. The average Bonchev–Trinajstić information content (AvgIpc) is 2.42. The molecule has 19 heavy (non-hydrogen) atoms. The Morgan fingerprint density at radius 3 is 2.37 bits per heavy atom. The van der Waals surface area contributed by atoms with Crippen LogP contribution in [-0.2, 0) is 0 Å². The van der Waals surface area contributed by atoms with Gasteiger partial charge in [-0.25, -0.2) is 0 Å². The van der Waals surface area contributed by atoms with Crippen molar-refractivity contribution in [2.24, 2.45) is 0 Å². The lowest BCUT2D eigenvalue weighted by atomic mass is 10.2. The molecule has 0 spiro atoms. The van der Waals surface area contributed by atoms with Crippen LogP contribution in [0, 0.1) is 6.92 Å². The molecule has 0 amide bonds. The Hall–Kier alpha value is -2.16. The monoisotopic (exact) mass is 257 g/mol. The van der Waals surface area contributed by atoms with Gasteiger partial charge in [-0.3, -0.25) is 0 Å². The van der Waals surface area contributed by atoms with E-state index in [0.717, 1.165) is 17.9 Å². The quantitative estimate of drug-likeness (QED) is 0.818. The van der Waals surface area contributed by atoms with Gasteiger partial charge in [-0.2, -0.15) is 0 Å². The number of hydrogen-bond donors (Lipinski definition) is 1. The first-order chi connectivity index (χ1) is 9.19. The SMILES string of the molecule is CCCOc1cc(Oc2ccc(C)cc2)ccc1N. The minimum absolute atomic E-state index is 0.629. The third kappa shape index (κ3) is 3.65. The number of rotatable bonds is 5. The summed E-state index contributed by atoms with van der Waals surface area (Å²) in [6, 6.07) is 13.4. The summed E-state index contributed by atoms with van der Waals surface area (Å²) in [5.74, 6) is 2.20. The summed E-state index contributed by atoms with van der Waals surface area (Å²) in [6.45, 7) is 4.75. The van der Waals surface area contributed by atoms with E-state index in [1.165, 1.54) is 5.56 Å². The van der Waals surface area contributed by atoms with Crippen LogP contribution >= 0.6 is 0 Å². The second-order valence-corrected chi connectivity index (χ2v) is 4.46. The molecule has 0 aliphatic carbocycles. The molecular formula is C16H19NO2. The molecule has 100 valence electrons. The molecule has 0 aliphatic rings. The highest BCUT2D eigenvalue weighted by atomic mass is 16.5. The summed E-state index contributed by atoms with van der Waals surface area (Å²) in [7, 11) is 0. The van der Waals surface area contributed by atoms with E-state index in [2.05, 4.69) is 6.92 Å². The zero-order chi connectivity index (χ0) is 13.7. The fourth-order valence-electron chi connectivity index (χ4n) is 1.66. The van der Waals surface area contributed by atoms with Gasteiger partial charge in [-0.05, 0) is 37.6 Å². The second kappa shape index (κ2) is 6.14. The van der Waals surface area contributed by atoms with Crippen LogP contribution in [0.15, 0.2) is 42.5 Å². The van der Waals surface area contributed by atoms with Gasteiger partial charge in [0.25, 0.3) is 0 Å². The summed E-state index contributed by atoms with van der Waals surface area (Å²) in [5.41, 5.74) is 7.70. The van der Waals surface area contributed by atoms with Crippen LogP contribution in [0.25, 0.3) is 0 Å². The zero-order valence-corrected chi connectivity index (χ0v) is 11.3. The van der Waals surface area contributed by atoms with E-state index in [9.17, 15) is 0 Å². The van der Waals surface area contributed by atoms with E-state index in [1.54, 1.807) is 6.07 Å². The first-order valence-electron chi connectivity index (χ1n) is 6.46. The van der Waals surface area contributed by atoms with Crippen molar-refractivity contribution in [2.45, 2.75) is 20.3 Å². The molecule has 0 saturated carbocycles. The largest absolute Gasteiger partial charge is 0.491 e. The number of anilines is 1. The molecule has 0 saturated heterocycles. The van der Waals surface area contributed by atoms with Gasteiger partial charge in [0.2, 0.25) is 0 Å². The van der Waals surface area contributed by atoms with Gasteiger partial charge < -0.3 is 15.2 Å². The summed E-state index contributed by atoms with van der Waals surface area (Å²) in [5, 5.41) is 0. The van der Waals surface area contributed by atoms with Crippen LogP contribution in [0.2, 0.25) is 0 Å². The molecule has 0 aliphatic heterocycles. The predicted molar refractivity (Wildman–Crippen MR) is 77.9 cm³/mol. The van der Waals surface area contributed by atoms with Gasteiger partial charge in [0, 0.05) is 6.07 Å². The van der Waals surface area contributed by atoms with Crippen molar-refractivity contribution >= 4 is 5.69 Å². The maximum absolute atomic E-state index is 5.86. The molecule has 2 rings (SSSR count). The van der Waals surface area contributed by atoms with Crippen LogP contribution in [0.4, 0.5) is 5.69 Å². The van der Waals surface area contributed by atoms with Gasteiger partial charge in [-0.15, -0.1) is 0 Å². The van der Waals surface area contributed by atoms with Gasteiger partial charge in [0.05, 0.1) is 12.3 Å². The van der Waals surface area contributed by atoms with Crippen molar-refractivity contribution in [3.63, 3.8) is 0 Å². The molecule has 2 aromatic carbocycles. The van der Waals surface area contributed by atoms with Crippen molar-refractivity contribution in [1.29, 1.82) is 0 Å². The van der Waals surface area contributed by atoms with Crippen LogP contribution in [0.3, 0.4) is 0 Å². The first-order valence-corrected chi connectivity index (χ1v) is 6.46. The van der Waals surface area contributed by atoms with Crippen molar-refractivity contribution in [3.05, 3.63) is 48.0 Å². The molecule has 0 unspecified atom stereocenters. The van der Waals surface area contributed by atoms with Crippen molar-refractivity contribution in [3.8, 4) is 17.2 Å². The summed E-state index contributed by atoms with van der Waals surface area (Å²) in [4.78, 5) is 0. The van der Waals surface area contributed by atoms with E-state index in [0.29, 0.717) is 18.0 Å². The van der Waals surface area contributed by atoms with E-state index in [-0.39, 0.29) is 0 Å². The molecule has 0 aromatic heterocycles. The van der Waals surface area contributed by atoms with Crippen molar-refractivity contribution in [1.82, 2.24) is 0 Å². The lowest BCUT2D eigenvalue weighted by Gasteiger charge is -2.11. The number of aryl methyl sites for hydroxylation is 1. The fourth-order valence-corrected chi connectivity index (χ4v) is 1.66. The molecule has 2 aromatic rings. The number of ether oxygens (including phenoxy) is 2. The lowest BCUT2D eigenvalue weighted by molar-refractivity contribution is 0.317. The fraction of sp³-hybridized carbons (Fsp3) is 0.250. The minimum atomic E-state index is 0.629. The molecule has 0 atom stereocenters. The number of hydrogen-bond acceptors (Lipinski definition) is 3. The molecule has 2 N–H and O–H groups in total. The molecule has 0 fully saturated rings. The highest BCUT2D eigenvalue weighted by Gasteiger charge is 2.04. The molecule has 0 bridgehead atoms. The Kier molecular flexibility index (Phi) is 4.29. The molecular weight excluding hydrogens is 238 g/mol. The predicted octanol–water partition coefficient (Wildman–Crippen LogP) is 4.16. The molecule has 0 heterocycles. The van der Waals surface area contributed by atoms with Crippen LogP contribution in [0.5, 0.6) is 17.2 Å². The second-order valence-electron chi connectivity index (χ2n) is 4.46. The molecule has 3 heteroatoms. The van der Waals surface area contributed by atoms with Gasteiger partial charge >= 0.3 is 0 Å². The third-order valence-electron chi connectivity index (χ3n) is 2.70. The zero-order valence-electron chi connectivity index (χ0n) is 11.3. The topological polar surface area (TPSA) is 44.5 Å². The highest BCUT2D eigenvalue weighted by molar-refractivity contribution is 5.56. The summed E-state index contributed by atoms with van der Waals surface area (Å²) < 4.78 is 11.4. The minimum Gasteiger partial charge on any atom is -0.491 e. The molecule has 3 nitrogen and oxygen atoms in total. The van der Waals surface area contributed by atoms with Gasteiger partial charge in [0.15, 0.2) is 0 Å². The Balaban J connectivity index is 2.14. The van der Waals surface area contributed by atoms with E-state index < -0.39 is 0 Å². The first kappa shape index (κ1) is 13.3. The normalized spacial score (nSPS) is 10.2. The Morgan fingerprint density at radius 1 is 1.00 bits per heavy atom. The number of nitrogens with two attached hydrogens (primary N) is 1. The van der Waals surface area contributed by atoms with Crippen molar-refractivity contribution < 1.29 is 9.47 Å². The maximum atomic E-state index is 5.86.